The van der Waals surface area contributed by atoms with E-state index in [2.05, 4.69) is 19.6 Å². The number of aryl methyl sites for hydroxylation is 1. The van der Waals surface area contributed by atoms with Crippen molar-refractivity contribution >= 4 is 38.7 Å². The lowest BCUT2D eigenvalue weighted by molar-refractivity contribution is 0.276. The minimum atomic E-state index is -1.67. The zero-order valence-electron chi connectivity index (χ0n) is 15.5. The fourth-order valence-electron chi connectivity index (χ4n) is 2.73. The van der Waals surface area contributed by atoms with Gasteiger partial charge in [0.25, 0.3) is 0 Å². The molecule has 2 atom stereocenters. The van der Waals surface area contributed by atoms with Gasteiger partial charge in [0.15, 0.2) is 6.10 Å². The van der Waals surface area contributed by atoms with Gasteiger partial charge in [0.1, 0.15) is 29.8 Å². The lowest BCUT2D eigenvalue weighted by Crippen LogP contribution is -2.10. The van der Waals surface area contributed by atoms with Crippen LogP contribution in [0.25, 0.3) is 10.9 Å². The van der Waals surface area contributed by atoms with E-state index in [0.717, 1.165) is 10.9 Å². The number of rotatable bonds is 5. The molecule has 1 unspecified atom stereocenters. The van der Waals surface area contributed by atoms with Gasteiger partial charge in [-0.15, -0.1) is 0 Å². The zero-order chi connectivity index (χ0) is 20.3. The molecule has 0 amide bonds. The molecular weight excluding hydrogens is 381 g/mol. The Morgan fingerprint density at radius 3 is 2.82 bits per heavy atom. The number of thiol groups is 1. The van der Waals surface area contributed by atoms with Crippen molar-refractivity contribution in [2.24, 2.45) is 4.36 Å². The fourth-order valence-corrected chi connectivity index (χ4v) is 3.17. The number of fused-ring (bicyclic) bond motifs is 1. The molecule has 0 saturated heterocycles. The van der Waals surface area contributed by atoms with Crippen molar-refractivity contribution in [3.05, 3.63) is 48.0 Å². The Hall–Kier alpha value is -3.25. The average molecular weight is 399 g/mol. The Labute approximate surface area is 163 Å². The van der Waals surface area contributed by atoms with Gasteiger partial charge in [0, 0.05) is 28.3 Å². The predicted molar refractivity (Wildman–Crippen MR) is 107 cm³/mol. The third-order valence-corrected chi connectivity index (χ3v) is 4.37. The Balaban J connectivity index is 2.08. The summed E-state index contributed by atoms with van der Waals surface area (Å²) >= 11 is 0. The third kappa shape index (κ3) is 4.35. The molecule has 1 N–H and O–H groups in total. The van der Waals surface area contributed by atoms with E-state index in [0.29, 0.717) is 22.7 Å². The average Bonchev–Trinajstić information content (AvgIpc) is 2.63. The molecule has 0 aliphatic heterocycles. The Kier molecular flexibility index (Phi) is 5.70. The van der Waals surface area contributed by atoms with E-state index in [1.54, 1.807) is 19.1 Å². The molecule has 2 aromatic carbocycles. The standard InChI is InChI=1S/C19H18FN5O2S/c1-11-6-14(25-28(3)26)8-16-18(11)19(23-10-22-16)24-15-5-4-13(20)7-17(15)27-12(2)9-21/h4-8,10,12,28H,1-3H3,(H,22,23,24)/t12-/m0/s1. The van der Waals surface area contributed by atoms with Gasteiger partial charge in [-0.2, -0.15) is 5.26 Å². The second kappa shape index (κ2) is 8.19. The number of ether oxygens (including phenoxy) is 1. The molecule has 0 radical (unpaired) electrons. The molecule has 0 aliphatic carbocycles. The molecular formula is C19H18FN5O2S. The lowest BCUT2D eigenvalue weighted by Gasteiger charge is -2.15. The van der Waals surface area contributed by atoms with Crippen molar-refractivity contribution in [3.8, 4) is 11.8 Å². The Morgan fingerprint density at radius 2 is 2.11 bits per heavy atom. The van der Waals surface area contributed by atoms with E-state index in [1.807, 2.05) is 13.0 Å². The maximum atomic E-state index is 13.7. The quantitative estimate of drug-likeness (QED) is 0.628. The molecule has 0 aliphatic rings. The molecule has 3 rings (SSSR count). The van der Waals surface area contributed by atoms with Crippen molar-refractivity contribution in [1.82, 2.24) is 9.97 Å². The molecule has 0 bridgehead atoms. The highest BCUT2D eigenvalue weighted by atomic mass is 32.2. The number of benzene rings is 2. The summed E-state index contributed by atoms with van der Waals surface area (Å²) in [5.74, 6) is 0.221. The van der Waals surface area contributed by atoms with Crippen molar-refractivity contribution in [2.45, 2.75) is 20.0 Å². The molecule has 28 heavy (non-hydrogen) atoms. The SMILES string of the molecule is Cc1cc(/N=[SH](\C)=O)cc2ncnc(Nc3ccc(F)cc3O[C@@H](C)C#N)c12. The van der Waals surface area contributed by atoms with E-state index < -0.39 is 22.5 Å². The normalized spacial score (nSPS) is 13.1. The number of aromatic nitrogens is 2. The van der Waals surface area contributed by atoms with E-state index in [9.17, 15) is 8.60 Å². The summed E-state index contributed by atoms with van der Waals surface area (Å²) in [6.07, 6.45) is 2.17. The monoisotopic (exact) mass is 399 g/mol. The molecule has 1 heterocycles. The van der Waals surface area contributed by atoms with Crippen LogP contribution in [0.4, 0.5) is 21.6 Å². The van der Waals surface area contributed by atoms with Crippen molar-refractivity contribution in [2.75, 3.05) is 11.6 Å². The van der Waals surface area contributed by atoms with Gasteiger partial charge in [-0.05, 0) is 43.7 Å². The highest BCUT2D eigenvalue weighted by Crippen LogP contribution is 2.33. The first-order valence-electron chi connectivity index (χ1n) is 8.38. The first-order chi connectivity index (χ1) is 13.4. The van der Waals surface area contributed by atoms with Crippen molar-refractivity contribution in [1.29, 1.82) is 5.26 Å². The fraction of sp³-hybridized carbons (Fsp3) is 0.211. The summed E-state index contributed by atoms with van der Waals surface area (Å²) in [5.41, 5.74) is 2.51. The Bertz CT molecular complexity index is 1170. The molecule has 0 spiro atoms. The first kappa shape index (κ1) is 19.5. The molecule has 9 heteroatoms. The minimum absolute atomic E-state index is 0.202. The van der Waals surface area contributed by atoms with Crippen LogP contribution in [0, 0.1) is 24.1 Å². The van der Waals surface area contributed by atoms with Crippen LogP contribution in [-0.2, 0) is 10.6 Å². The van der Waals surface area contributed by atoms with Gasteiger partial charge in [0.05, 0.1) is 16.9 Å². The van der Waals surface area contributed by atoms with Crippen LogP contribution in [0.15, 0.2) is 41.0 Å². The number of hydrogen-bond acceptors (Lipinski definition) is 7. The largest absolute Gasteiger partial charge is 0.474 e. The molecule has 1 aromatic heterocycles. The van der Waals surface area contributed by atoms with Crippen LogP contribution in [0.1, 0.15) is 12.5 Å². The third-order valence-electron chi connectivity index (χ3n) is 3.86. The summed E-state index contributed by atoms with van der Waals surface area (Å²) in [4.78, 5) is 8.56. The molecule has 3 aromatic rings. The van der Waals surface area contributed by atoms with Crippen LogP contribution in [0.5, 0.6) is 5.75 Å². The lowest BCUT2D eigenvalue weighted by atomic mass is 10.1. The highest BCUT2D eigenvalue weighted by molar-refractivity contribution is 7.74. The second-order valence-corrected chi connectivity index (χ2v) is 7.23. The van der Waals surface area contributed by atoms with E-state index in [4.69, 9.17) is 10.00 Å². The van der Waals surface area contributed by atoms with Crippen LogP contribution in [0.3, 0.4) is 0 Å². The van der Waals surface area contributed by atoms with Gasteiger partial charge < -0.3 is 10.1 Å². The number of anilines is 2. The summed E-state index contributed by atoms with van der Waals surface area (Å²) in [6, 6.07) is 9.49. The highest BCUT2D eigenvalue weighted by Gasteiger charge is 2.13. The minimum Gasteiger partial charge on any atom is -0.474 e. The van der Waals surface area contributed by atoms with Gasteiger partial charge in [-0.1, -0.05) is 0 Å². The van der Waals surface area contributed by atoms with E-state index in [-0.39, 0.29) is 5.75 Å². The van der Waals surface area contributed by atoms with Gasteiger partial charge in [-0.3, -0.25) is 4.21 Å². The predicted octanol–water partition coefficient (Wildman–Crippen LogP) is 4.04. The number of nitrogens with zero attached hydrogens (tertiary/aromatic N) is 4. The van der Waals surface area contributed by atoms with Crippen LogP contribution < -0.4 is 10.1 Å². The Morgan fingerprint density at radius 1 is 1.32 bits per heavy atom. The van der Waals surface area contributed by atoms with Gasteiger partial charge in [-0.25, -0.2) is 18.7 Å². The first-order valence-corrected chi connectivity index (χ1v) is 10.0. The maximum Gasteiger partial charge on any atom is 0.181 e. The van der Waals surface area contributed by atoms with Crippen molar-refractivity contribution < 1.29 is 13.3 Å². The maximum absolute atomic E-state index is 13.7. The number of nitriles is 1. The summed E-state index contributed by atoms with van der Waals surface area (Å²) in [5, 5.41) is 12.9. The van der Waals surface area contributed by atoms with Crippen LogP contribution in [0.2, 0.25) is 0 Å². The smallest absolute Gasteiger partial charge is 0.181 e. The van der Waals surface area contributed by atoms with Crippen molar-refractivity contribution in [3.63, 3.8) is 0 Å². The van der Waals surface area contributed by atoms with Gasteiger partial charge >= 0.3 is 0 Å². The number of nitrogens with one attached hydrogen (secondary N) is 1. The van der Waals surface area contributed by atoms with Crippen LogP contribution in [-0.4, -0.2) is 26.5 Å². The topological polar surface area (TPSA) is 100 Å². The summed E-state index contributed by atoms with van der Waals surface area (Å²) < 4.78 is 34.7. The van der Waals surface area contributed by atoms with E-state index >= 15 is 0 Å². The number of hydrogen-bond donors (Lipinski definition) is 2. The summed E-state index contributed by atoms with van der Waals surface area (Å²) in [6.45, 7) is 3.45. The molecule has 144 valence electrons. The molecule has 0 fully saturated rings. The zero-order valence-corrected chi connectivity index (χ0v) is 16.4. The van der Waals surface area contributed by atoms with Crippen LogP contribution >= 0.6 is 0 Å². The molecule has 0 saturated carbocycles. The summed E-state index contributed by atoms with van der Waals surface area (Å²) in [7, 11) is -1.67. The van der Waals surface area contributed by atoms with Gasteiger partial charge in [0.2, 0.25) is 0 Å². The van der Waals surface area contributed by atoms with E-state index in [1.165, 1.54) is 30.8 Å². The second-order valence-electron chi connectivity index (χ2n) is 6.10. The number of halogens is 1. The molecule has 7 nitrogen and oxygen atoms in total.